The van der Waals surface area contributed by atoms with Gasteiger partial charge in [-0.3, -0.25) is 4.79 Å². The van der Waals surface area contributed by atoms with E-state index in [4.69, 9.17) is 14.2 Å². The zero-order chi connectivity index (χ0) is 19.5. The number of benzene rings is 1. The van der Waals surface area contributed by atoms with E-state index in [0.717, 1.165) is 5.56 Å². The maximum Gasteiger partial charge on any atom is 0.302 e. The van der Waals surface area contributed by atoms with Gasteiger partial charge in [0.15, 0.2) is 6.29 Å². The molecule has 0 aliphatic carbocycles. The van der Waals surface area contributed by atoms with Crippen LogP contribution in [-0.2, 0) is 20.9 Å². The molecule has 1 fully saturated rings. The van der Waals surface area contributed by atoms with Crippen LogP contribution in [0.3, 0.4) is 0 Å². The monoisotopic (exact) mass is 369 g/mol. The average molecular weight is 369 g/mol. The van der Waals surface area contributed by atoms with E-state index in [1.165, 1.54) is 6.92 Å². The second-order valence-electron chi connectivity index (χ2n) is 7.35. The summed E-state index contributed by atoms with van der Waals surface area (Å²) in [5.41, 5.74) is 1.17. The lowest BCUT2D eigenvalue weighted by molar-refractivity contribution is -0.285. The van der Waals surface area contributed by atoms with Crippen molar-refractivity contribution < 1.29 is 34.3 Å². The summed E-state index contributed by atoms with van der Waals surface area (Å²) in [5, 5.41) is 32.3. The normalized spacial score (nSPS) is 26.3. The minimum absolute atomic E-state index is 0.0163. The number of carbonyl (C=O) groups is 1. The molecule has 2 rings (SSSR count). The Kier molecular flexibility index (Phi) is 6.46. The van der Waals surface area contributed by atoms with E-state index in [-0.39, 0.29) is 24.5 Å². The highest BCUT2D eigenvalue weighted by atomic mass is 16.7. The van der Waals surface area contributed by atoms with Crippen molar-refractivity contribution in [2.45, 2.75) is 71.0 Å². The zero-order valence-corrected chi connectivity index (χ0v) is 15.4. The number of aliphatic hydroxyl groups excluding tert-OH is 3. The number of rotatable bonds is 5. The molecule has 26 heavy (non-hydrogen) atoms. The van der Waals surface area contributed by atoms with Crippen LogP contribution in [0.1, 0.15) is 39.7 Å². The van der Waals surface area contributed by atoms with E-state index in [0.29, 0.717) is 11.4 Å². The van der Waals surface area contributed by atoms with Crippen LogP contribution >= 0.6 is 0 Å². The van der Waals surface area contributed by atoms with Crippen LogP contribution in [0.2, 0.25) is 0 Å². The molecule has 0 radical (unpaired) electrons. The molecule has 1 aromatic carbocycles. The molecule has 1 aliphatic heterocycles. The standard InChI is InChI=1S/C18H27NO7/c1-10(20)24-9-11-5-6-14(12(7-11)19-18(2,3)4)25-15-8-13(21)16(22)17(23)26-15/h5-7,13,15-17,19,21-23H,8-9H2,1-4H3. The Labute approximate surface area is 152 Å². The number of hydrogen-bond acceptors (Lipinski definition) is 8. The molecule has 0 amide bonds. The fourth-order valence-electron chi connectivity index (χ4n) is 2.49. The van der Waals surface area contributed by atoms with Gasteiger partial charge < -0.3 is 34.8 Å². The fraction of sp³-hybridized carbons (Fsp3) is 0.611. The van der Waals surface area contributed by atoms with Crippen molar-refractivity contribution in [3.8, 4) is 5.75 Å². The van der Waals surface area contributed by atoms with Crippen LogP contribution in [-0.4, -0.2) is 51.6 Å². The first-order valence-electron chi connectivity index (χ1n) is 8.46. The smallest absolute Gasteiger partial charge is 0.302 e. The molecule has 146 valence electrons. The van der Waals surface area contributed by atoms with Gasteiger partial charge in [0.2, 0.25) is 6.29 Å². The predicted octanol–water partition coefficient (Wildman–Crippen LogP) is 1.13. The van der Waals surface area contributed by atoms with Crippen molar-refractivity contribution in [2.75, 3.05) is 5.32 Å². The minimum Gasteiger partial charge on any atom is -0.463 e. The third-order valence-electron chi connectivity index (χ3n) is 3.67. The van der Waals surface area contributed by atoms with Gasteiger partial charge in [-0.15, -0.1) is 0 Å². The Morgan fingerprint density at radius 2 is 2.00 bits per heavy atom. The summed E-state index contributed by atoms with van der Waals surface area (Å²) < 4.78 is 16.0. The summed E-state index contributed by atoms with van der Waals surface area (Å²) in [4.78, 5) is 11.0. The van der Waals surface area contributed by atoms with E-state index in [9.17, 15) is 20.1 Å². The lowest BCUT2D eigenvalue weighted by atomic mass is 10.1. The summed E-state index contributed by atoms with van der Waals surface area (Å²) in [5.74, 6) is 0.0834. The largest absolute Gasteiger partial charge is 0.463 e. The van der Waals surface area contributed by atoms with E-state index >= 15 is 0 Å². The van der Waals surface area contributed by atoms with Gasteiger partial charge in [0.1, 0.15) is 18.5 Å². The van der Waals surface area contributed by atoms with Crippen LogP contribution in [0.25, 0.3) is 0 Å². The third-order valence-corrected chi connectivity index (χ3v) is 3.67. The highest BCUT2D eigenvalue weighted by Gasteiger charge is 2.37. The van der Waals surface area contributed by atoms with Crippen LogP contribution in [0, 0.1) is 0 Å². The number of ether oxygens (including phenoxy) is 3. The number of hydrogen-bond donors (Lipinski definition) is 4. The summed E-state index contributed by atoms with van der Waals surface area (Å²) in [7, 11) is 0. The van der Waals surface area contributed by atoms with Gasteiger partial charge in [-0.25, -0.2) is 0 Å². The number of nitrogens with one attached hydrogen (secondary N) is 1. The first kappa shape index (κ1) is 20.4. The van der Waals surface area contributed by atoms with Gasteiger partial charge in [-0.1, -0.05) is 6.07 Å². The van der Waals surface area contributed by atoms with Gasteiger partial charge in [0, 0.05) is 18.9 Å². The van der Waals surface area contributed by atoms with Crippen LogP contribution in [0.15, 0.2) is 18.2 Å². The number of carbonyl (C=O) groups excluding carboxylic acids is 1. The molecule has 0 spiro atoms. The molecule has 1 aromatic rings. The van der Waals surface area contributed by atoms with Gasteiger partial charge in [-0.05, 0) is 38.5 Å². The summed E-state index contributed by atoms with van der Waals surface area (Å²) >= 11 is 0. The zero-order valence-electron chi connectivity index (χ0n) is 15.4. The Morgan fingerprint density at radius 1 is 1.31 bits per heavy atom. The molecule has 4 N–H and O–H groups in total. The number of anilines is 1. The van der Waals surface area contributed by atoms with E-state index in [1.807, 2.05) is 20.8 Å². The van der Waals surface area contributed by atoms with Gasteiger partial charge in [0.25, 0.3) is 0 Å². The maximum atomic E-state index is 11.0. The molecule has 1 aliphatic rings. The molecule has 8 nitrogen and oxygen atoms in total. The van der Waals surface area contributed by atoms with Crippen molar-refractivity contribution in [3.63, 3.8) is 0 Å². The van der Waals surface area contributed by atoms with Crippen LogP contribution in [0.4, 0.5) is 5.69 Å². The summed E-state index contributed by atoms with van der Waals surface area (Å²) in [6.07, 6.45) is -4.93. The van der Waals surface area contributed by atoms with Crippen molar-refractivity contribution in [2.24, 2.45) is 0 Å². The molecule has 0 bridgehead atoms. The molecule has 0 saturated carbocycles. The van der Waals surface area contributed by atoms with Gasteiger partial charge in [0.05, 0.1) is 11.8 Å². The molecule has 1 heterocycles. The molecule has 8 heteroatoms. The summed E-state index contributed by atoms with van der Waals surface area (Å²) in [6.45, 7) is 7.43. The second kappa shape index (κ2) is 8.22. The Morgan fingerprint density at radius 3 is 2.58 bits per heavy atom. The van der Waals surface area contributed by atoms with Crippen LogP contribution in [0.5, 0.6) is 5.75 Å². The maximum absolute atomic E-state index is 11.0. The van der Waals surface area contributed by atoms with Crippen molar-refractivity contribution in [1.29, 1.82) is 0 Å². The Bertz CT molecular complexity index is 616. The molecule has 4 atom stereocenters. The predicted molar refractivity (Wildman–Crippen MR) is 93.4 cm³/mol. The highest BCUT2D eigenvalue weighted by Crippen LogP contribution is 2.32. The molecule has 0 aromatic heterocycles. The Hall–Kier alpha value is -1.87. The molecular weight excluding hydrogens is 342 g/mol. The second-order valence-corrected chi connectivity index (χ2v) is 7.35. The van der Waals surface area contributed by atoms with E-state index < -0.39 is 24.8 Å². The fourth-order valence-corrected chi connectivity index (χ4v) is 2.49. The number of esters is 1. The van der Waals surface area contributed by atoms with Gasteiger partial charge >= 0.3 is 5.97 Å². The average Bonchev–Trinajstić information content (AvgIpc) is 2.51. The van der Waals surface area contributed by atoms with Crippen molar-refractivity contribution in [1.82, 2.24) is 0 Å². The first-order valence-corrected chi connectivity index (χ1v) is 8.46. The minimum atomic E-state index is -1.52. The van der Waals surface area contributed by atoms with E-state index in [1.54, 1.807) is 18.2 Å². The van der Waals surface area contributed by atoms with Crippen LogP contribution < -0.4 is 10.1 Å². The quantitative estimate of drug-likeness (QED) is 0.571. The molecular formula is C18H27NO7. The van der Waals surface area contributed by atoms with E-state index in [2.05, 4.69) is 5.32 Å². The van der Waals surface area contributed by atoms with Crippen molar-refractivity contribution >= 4 is 11.7 Å². The van der Waals surface area contributed by atoms with Crippen molar-refractivity contribution in [3.05, 3.63) is 23.8 Å². The SMILES string of the molecule is CC(=O)OCc1ccc(OC2CC(O)C(O)C(O)O2)c(NC(C)(C)C)c1. The lowest BCUT2D eigenvalue weighted by Crippen LogP contribution is -2.49. The topological polar surface area (TPSA) is 117 Å². The highest BCUT2D eigenvalue weighted by molar-refractivity contribution is 5.66. The van der Waals surface area contributed by atoms with Gasteiger partial charge in [-0.2, -0.15) is 0 Å². The number of aliphatic hydroxyl groups is 3. The Balaban J connectivity index is 2.18. The molecule has 4 unspecified atom stereocenters. The summed E-state index contributed by atoms with van der Waals surface area (Å²) in [6, 6.07) is 5.24. The molecule has 1 saturated heterocycles. The third kappa shape index (κ3) is 5.84. The first-order chi connectivity index (χ1) is 12.0. The lowest BCUT2D eigenvalue weighted by Gasteiger charge is -2.35.